The first-order valence-electron chi connectivity index (χ1n) is 2.57. The van der Waals surface area contributed by atoms with Crippen LogP contribution in [0.15, 0.2) is 24.3 Å². The molecule has 0 aromatic rings. The Hall–Kier alpha value is -0.640. The molecule has 0 bridgehead atoms. The van der Waals surface area contributed by atoms with Crippen LogP contribution in [0.3, 0.4) is 0 Å². The Bertz CT molecular complexity index is 105. The topological polar surface area (TPSA) is 60.7 Å². The smallest absolute Gasteiger partial charge is 0.171 e. The molecule has 3 N–H and O–H groups in total. The van der Waals surface area contributed by atoms with E-state index in [2.05, 4.69) is 0 Å². The van der Waals surface area contributed by atoms with Gasteiger partial charge in [0.25, 0.3) is 0 Å². The number of allylic oxidation sites excluding steroid dienone is 2. The molecule has 0 saturated carbocycles. The molecule has 0 aromatic heterocycles. The summed E-state index contributed by atoms with van der Waals surface area (Å²) < 4.78 is 0. The lowest BCUT2D eigenvalue weighted by Crippen LogP contribution is -1.96. The van der Waals surface area contributed by atoms with Gasteiger partial charge in [0, 0.05) is 0 Å². The summed E-state index contributed by atoms with van der Waals surface area (Å²) in [4.78, 5) is 0. The maximum Gasteiger partial charge on any atom is 0.171 e. The van der Waals surface area contributed by atoms with Crippen molar-refractivity contribution in [2.75, 3.05) is 6.61 Å². The Morgan fingerprint density at radius 1 is 1.22 bits per heavy atom. The number of aliphatic hydroxyl groups excluding tert-OH is 2. The molecule has 0 radical (unpaired) electrons. The van der Waals surface area contributed by atoms with Crippen molar-refractivity contribution >= 4 is 0 Å². The summed E-state index contributed by atoms with van der Waals surface area (Å²) in [5.74, 6) is 0. The summed E-state index contributed by atoms with van der Waals surface area (Å²) in [6.07, 6.45) is 4.24. The molecule has 3 heteroatoms. The number of rotatable bonds is 3. The molecule has 0 aliphatic heterocycles. The summed E-state index contributed by atoms with van der Waals surface area (Å²) in [7, 11) is 0. The van der Waals surface area contributed by atoms with Crippen molar-refractivity contribution in [1.82, 2.24) is 0 Å². The van der Waals surface area contributed by atoms with Gasteiger partial charge < -0.3 is 15.3 Å². The van der Waals surface area contributed by atoms with Crippen LogP contribution in [0.5, 0.6) is 0 Å². The van der Waals surface area contributed by atoms with E-state index in [4.69, 9.17) is 15.3 Å². The van der Waals surface area contributed by atoms with Gasteiger partial charge in [0.2, 0.25) is 0 Å². The van der Waals surface area contributed by atoms with Gasteiger partial charge in [-0.25, -0.2) is 0 Å². The molecular weight excluding hydrogens is 120 g/mol. The molecule has 0 heterocycles. The minimum absolute atomic E-state index is 0.0358. The molecule has 0 atom stereocenters. The van der Waals surface area contributed by atoms with Crippen molar-refractivity contribution in [1.29, 1.82) is 0 Å². The highest BCUT2D eigenvalue weighted by Gasteiger charge is 1.81. The van der Waals surface area contributed by atoms with Crippen LogP contribution in [0.1, 0.15) is 0 Å². The van der Waals surface area contributed by atoms with Crippen LogP contribution in [0.4, 0.5) is 0 Å². The van der Waals surface area contributed by atoms with Crippen LogP contribution < -0.4 is 0 Å². The normalized spacial score (nSPS) is 12.4. The number of hydrogen-bond donors (Lipinski definition) is 3. The minimum Gasteiger partial charge on any atom is -0.392 e. The first-order valence-corrected chi connectivity index (χ1v) is 2.57. The maximum absolute atomic E-state index is 8.22. The van der Waals surface area contributed by atoms with E-state index in [1.807, 2.05) is 0 Å². The van der Waals surface area contributed by atoms with Crippen molar-refractivity contribution in [2.45, 2.75) is 6.29 Å². The summed E-state index contributed by atoms with van der Waals surface area (Å²) in [5.41, 5.74) is 0. The minimum atomic E-state index is -1.41. The van der Waals surface area contributed by atoms with Gasteiger partial charge in [-0.2, -0.15) is 0 Å². The largest absolute Gasteiger partial charge is 0.392 e. The Morgan fingerprint density at radius 2 is 1.89 bits per heavy atom. The fraction of sp³-hybridized carbons (Fsp3) is 0.333. The second-order valence-corrected chi connectivity index (χ2v) is 1.41. The van der Waals surface area contributed by atoms with Gasteiger partial charge >= 0.3 is 0 Å². The fourth-order valence-corrected chi connectivity index (χ4v) is 0.303. The van der Waals surface area contributed by atoms with Crippen LogP contribution in [0.2, 0.25) is 0 Å². The highest BCUT2D eigenvalue weighted by molar-refractivity contribution is 5.02. The Kier molecular flexibility index (Phi) is 5.11. The van der Waals surface area contributed by atoms with E-state index in [1.165, 1.54) is 24.3 Å². The van der Waals surface area contributed by atoms with E-state index < -0.39 is 6.29 Å². The molecule has 0 aromatic carbocycles. The summed E-state index contributed by atoms with van der Waals surface area (Å²) >= 11 is 0. The lowest BCUT2D eigenvalue weighted by atomic mass is 10.4. The molecule has 0 aliphatic carbocycles. The zero-order chi connectivity index (χ0) is 7.11. The van der Waals surface area contributed by atoms with Gasteiger partial charge in [-0.05, 0) is 6.08 Å². The van der Waals surface area contributed by atoms with E-state index in [0.29, 0.717) is 0 Å². The van der Waals surface area contributed by atoms with Gasteiger partial charge in [0.05, 0.1) is 6.61 Å². The van der Waals surface area contributed by atoms with E-state index in [9.17, 15) is 0 Å². The number of aliphatic hydroxyl groups is 3. The zero-order valence-electron chi connectivity index (χ0n) is 4.94. The molecule has 0 saturated heterocycles. The third-order valence-corrected chi connectivity index (χ3v) is 0.636. The van der Waals surface area contributed by atoms with Crippen LogP contribution in [-0.2, 0) is 0 Å². The third kappa shape index (κ3) is 7.36. The molecular formula is C6H10O3. The molecule has 0 rings (SSSR count). The van der Waals surface area contributed by atoms with E-state index in [1.54, 1.807) is 0 Å². The van der Waals surface area contributed by atoms with Crippen molar-refractivity contribution in [3.63, 3.8) is 0 Å². The van der Waals surface area contributed by atoms with Gasteiger partial charge in [0.15, 0.2) is 6.29 Å². The fourth-order valence-electron chi connectivity index (χ4n) is 0.303. The van der Waals surface area contributed by atoms with E-state index in [0.717, 1.165) is 0 Å². The monoisotopic (exact) mass is 130 g/mol. The van der Waals surface area contributed by atoms with Crippen molar-refractivity contribution in [2.24, 2.45) is 0 Å². The lowest BCUT2D eigenvalue weighted by Gasteiger charge is -1.88. The molecule has 0 fully saturated rings. The summed E-state index contributed by atoms with van der Waals surface area (Å²) in [6, 6.07) is 0. The molecule has 3 nitrogen and oxygen atoms in total. The summed E-state index contributed by atoms with van der Waals surface area (Å²) in [5, 5.41) is 24.6. The average Bonchev–Trinajstić information content (AvgIpc) is 1.80. The lowest BCUT2D eigenvalue weighted by molar-refractivity contribution is 0.00238. The van der Waals surface area contributed by atoms with Gasteiger partial charge in [-0.3, -0.25) is 0 Å². The first-order chi connectivity index (χ1) is 4.27. The Morgan fingerprint density at radius 3 is 2.33 bits per heavy atom. The van der Waals surface area contributed by atoms with Crippen LogP contribution in [0.25, 0.3) is 0 Å². The molecule has 0 spiro atoms. The van der Waals surface area contributed by atoms with Crippen molar-refractivity contribution < 1.29 is 15.3 Å². The summed E-state index contributed by atoms with van der Waals surface area (Å²) in [6.45, 7) is -0.0358. The highest BCUT2D eigenvalue weighted by Crippen LogP contribution is 1.80. The first kappa shape index (κ1) is 8.36. The maximum atomic E-state index is 8.22. The molecule has 52 valence electrons. The zero-order valence-corrected chi connectivity index (χ0v) is 4.94. The molecule has 0 aliphatic rings. The second kappa shape index (κ2) is 5.50. The SMILES string of the molecule is OCC=CC=CC(O)O. The Balaban J connectivity index is 3.35. The predicted octanol–water partition coefficient (Wildman–Crippen LogP) is -0.598. The second-order valence-electron chi connectivity index (χ2n) is 1.41. The van der Waals surface area contributed by atoms with Gasteiger partial charge in [-0.15, -0.1) is 0 Å². The third-order valence-electron chi connectivity index (χ3n) is 0.636. The predicted molar refractivity (Wildman–Crippen MR) is 33.6 cm³/mol. The average molecular weight is 130 g/mol. The molecule has 0 unspecified atom stereocenters. The van der Waals surface area contributed by atoms with Gasteiger partial charge in [-0.1, -0.05) is 18.2 Å². The highest BCUT2D eigenvalue weighted by atomic mass is 16.5. The van der Waals surface area contributed by atoms with Gasteiger partial charge in [0.1, 0.15) is 0 Å². The van der Waals surface area contributed by atoms with Crippen molar-refractivity contribution in [3.05, 3.63) is 24.3 Å². The van der Waals surface area contributed by atoms with Crippen LogP contribution in [-0.4, -0.2) is 28.2 Å². The van der Waals surface area contributed by atoms with Crippen molar-refractivity contribution in [3.8, 4) is 0 Å². The Labute approximate surface area is 53.6 Å². The molecule has 0 amide bonds. The standard InChI is InChI=1S/C6H10O3/c7-5-3-1-2-4-6(8)9/h1-4,6-9H,5H2. The quantitative estimate of drug-likeness (QED) is 0.353. The molecule has 9 heavy (non-hydrogen) atoms. The number of hydrogen-bond acceptors (Lipinski definition) is 3. The van der Waals surface area contributed by atoms with E-state index >= 15 is 0 Å². The van der Waals surface area contributed by atoms with Crippen LogP contribution >= 0.6 is 0 Å². The van der Waals surface area contributed by atoms with Crippen LogP contribution in [0, 0.1) is 0 Å². The van der Waals surface area contributed by atoms with E-state index in [-0.39, 0.29) is 6.61 Å².